The average Bonchev–Trinajstić information content (AvgIpc) is 2.93. The Labute approximate surface area is 243 Å². The van der Waals surface area contributed by atoms with Gasteiger partial charge in [0.1, 0.15) is 11.9 Å². The van der Waals surface area contributed by atoms with Crippen LogP contribution in [0.15, 0.2) is 77.6 Å². The van der Waals surface area contributed by atoms with Gasteiger partial charge < -0.3 is 15.0 Å². The first kappa shape index (κ1) is 29.2. The number of nitrogens with one attached hydrogen (secondary N) is 2. The van der Waals surface area contributed by atoms with Gasteiger partial charge in [0, 0.05) is 46.3 Å². The molecule has 13 heteroatoms. The molecule has 0 spiro atoms. The lowest BCUT2D eigenvalue weighted by molar-refractivity contribution is -0.0494. The second-order valence-electron chi connectivity index (χ2n) is 9.62. The molecule has 2 heterocycles. The van der Waals surface area contributed by atoms with E-state index < -0.39 is 21.6 Å². The first-order valence-electron chi connectivity index (χ1n) is 12.6. The third-order valence-electron chi connectivity index (χ3n) is 6.86. The summed E-state index contributed by atoms with van der Waals surface area (Å²) in [7, 11) is -5.39. The van der Waals surface area contributed by atoms with E-state index in [2.05, 4.69) is 10.3 Å². The molecular formula is C28H24Cl2F3N3O4S. The maximum atomic E-state index is 13.0. The van der Waals surface area contributed by atoms with Crippen LogP contribution in [0.1, 0.15) is 30.1 Å². The van der Waals surface area contributed by atoms with Crippen molar-refractivity contribution in [3.63, 3.8) is 0 Å². The number of sulfonamides is 1. The molecule has 0 bridgehead atoms. The molecule has 5 rings (SSSR count). The number of pyridine rings is 1. The van der Waals surface area contributed by atoms with Crippen LogP contribution in [-0.4, -0.2) is 42.3 Å². The summed E-state index contributed by atoms with van der Waals surface area (Å²) >= 11 is 12.1. The van der Waals surface area contributed by atoms with Crippen LogP contribution in [0.25, 0.3) is 10.9 Å². The molecule has 7 nitrogen and oxygen atoms in total. The molecule has 0 amide bonds. The van der Waals surface area contributed by atoms with E-state index in [1.165, 1.54) is 6.07 Å². The standard InChI is InChI=1S/C28H24Cl2F3N3O4S/c29-19-4-1-17(2-5-19)27(40-22-8-6-20(30)7-9-22)18-3-10-24-23(15-18)25(16-26(37)35-24)34-21-11-13-36(14-12-21)41(38,39)28(31,32)33/h1-10,15-16,21,27H,11-14H2,(H2,34,35,37). The summed E-state index contributed by atoms with van der Waals surface area (Å²) in [5, 5.41) is 5.04. The van der Waals surface area contributed by atoms with Gasteiger partial charge in [-0.05, 0) is 72.5 Å². The maximum Gasteiger partial charge on any atom is 0.511 e. The van der Waals surface area contributed by atoms with Crippen molar-refractivity contribution < 1.29 is 26.3 Å². The molecule has 1 atom stereocenters. The number of fused-ring (bicyclic) bond motifs is 1. The lowest BCUT2D eigenvalue weighted by Gasteiger charge is -2.32. The molecule has 1 unspecified atom stereocenters. The highest BCUT2D eigenvalue weighted by atomic mass is 35.5. The fraction of sp³-hybridized carbons (Fsp3) is 0.250. The van der Waals surface area contributed by atoms with Crippen LogP contribution in [0.5, 0.6) is 5.75 Å². The van der Waals surface area contributed by atoms with Crippen molar-refractivity contribution in [2.45, 2.75) is 30.5 Å². The number of rotatable bonds is 7. The number of alkyl halides is 3. The Balaban J connectivity index is 1.46. The van der Waals surface area contributed by atoms with Crippen LogP contribution in [-0.2, 0) is 10.0 Å². The maximum absolute atomic E-state index is 13.0. The number of piperidine rings is 1. The summed E-state index contributed by atoms with van der Waals surface area (Å²) in [6.45, 7) is -0.584. The van der Waals surface area contributed by atoms with E-state index in [1.54, 1.807) is 42.5 Å². The van der Waals surface area contributed by atoms with Gasteiger partial charge in [-0.2, -0.15) is 17.5 Å². The van der Waals surface area contributed by atoms with E-state index in [1.807, 2.05) is 24.3 Å². The topological polar surface area (TPSA) is 91.5 Å². The normalized spacial score (nSPS) is 16.0. The van der Waals surface area contributed by atoms with Crippen LogP contribution >= 0.6 is 23.2 Å². The largest absolute Gasteiger partial charge is 0.511 e. The Hall–Kier alpha value is -3.25. The van der Waals surface area contributed by atoms with Crippen molar-refractivity contribution in [1.82, 2.24) is 9.29 Å². The van der Waals surface area contributed by atoms with Crippen LogP contribution in [0, 0.1) is 0 Å². The quantitative estimate of drug-likeness (QED) is 0.238. The van der Waals surface area contributed by atoms with Crippen LogP contribution in [0.2, 0.25) is 10.0 Å². The van der Waals surface area contributed by atoms with Gasteiger partial charge in [-0.1, -0.05) is 41.4 Å². The summed E-state index contributed by atoms with van der Waals surface area (Å²) in [4.78, 5) is 15.2. The lowest BCUT2D eigenvalue weighted by Crippen LogP contribution is -2.47. The minimum absolute atomic E-state index is 0.135. The van der Waals surface area contributed by atoms with Gasteiger partial charge in [-0.15, -0.1) is 0 Å². The molecular weight excluding hydrogens is 602 g/mol. The highest BCUT2D eigenvalue weighted by molar-refractivity contribution is 7.90. The molecule has 1 aliphatic heterocycles. The monoisotopic (exact) mass is 625 g/mol. The smallest absolute Gasteiger partial charge is 0.481 e. The van der Waals surface area contributed by atoms with Gasteiger partial charge in [-0.25, -0.2) is 8.42 Å². The molecule has 1 saturated heterocycles. The zero-order chi connectivity index (χ0) is 29.4. The van der Waals surface area contributed by atoms with E-state index >= 15 is 0 Å². The summed E-state index contributed by atoms with van der Waals surface area (Å²) < 4.78 is 69.3. The van der Waals surface area contributed by atoms with Crippen LogP contribution < -0.4 is 15.6 Å². The van der Waals surface area contributed by atoms with Gasteiger partial charge in [-0.3, -0.25) is 4.79 Å². The second kappa shape index (κ2) is 11.6. The number of H-pyrrole nitrogens is 1. The van der Waals surface area contributed by atoms with E-state index in [0.717, 1.165) is 11.1 Å². The minimum atomic E-state index is -5.39. The van der Waals surface area contributed by atoms with Gasteiger partial charge >= 0.3 is 15.5 Å². The molecule has 1 aromatic heterocycles. The Bertz CT molecular complexity index is 1710. The predicted octanol–water partition coefficient (Wildman–Crippen LogP) is 6.73. The number of anilines is 1. The van der Waals surface area contributed by atoms with E-state index in [-0.39, 0.29) is 37.5 Å². The van der Waals surface area contributed by atoms with Crippen molar-refractivity contribution in [3.05, 3.63) is 104 Å². The Kier molecular flexibility index (Phi) is 8.24. The molecule has 216 valence electrons. The lowest BCUT2D eigenvalue weighted by atomic mass is 9.98. The molecule has 3 aromatic carbocycles. The highest BCUT2D eigenvalue weighted by Crippen LogP contribution is 2.34. The van der Waals surface area contributed by atoms with Crippen molar-refractivity contribution in [3.8, 4) is 5.75 Å². The fourth-order valence-electron chi connectivity index (χ4n) is 4.78. The number of aromatic nitrogens is 1. The summed E-state index contributed by atoms with van der Waals surface area (Å²) in [6.07, 6.45) is -0.291. The van der Waals surface area contributed by atoms with Crippen LogP contribution in [0.3, 0.4) is 0 Å². The van der Waals surface area contributed by atoms with Gasteiger partial charge in [0.15, 0.2) is 0 Å². The van der Waals surface area contributed by atoms with Crippen LogP contribution in [0.4, 0.5) is 18.9 Å². The number of benzene rings is 3. The zero-order valence-electron chi connectivity index (χ0n) is 21.3. The first-order chi connectivity index (χ1) is 19.4. The van der Waals surface area contributed by atoms with E-state index in [4.69, 9.17) is 27.9 Å². The molecule has 41 heavy (non-hydrogen) atoms. The second-order valence-corrected chi connectivity index (χ2v) is 12.4. The molecule has 1 aliphatic rings. The minimum Gasteiger partial charge on any atom is -0.481 e. The Morgan fingerprint density at radius 3 is 2.10 bits per heavy atom. The molecule has 1 fully saturated rings. The summed E-state index contributed by atoms with van der Waals surface area (Å²) in [6, 6.07) is 20.6. The number of nitrogens with zero attached hydrogens (tertiary/aromatic N) is 1. The first-order valence-corrected chi connectivity index (χ1v) is 14.8. The number of aromatic amines is 1. The molecule has 0 aliphatic carbocycles. The van der Waals surface area contributed by atoms with Crippen molar-refractivity contribution in [1.29, 1.82) is 0 Å². The van der Waals surface area contributed by atoms with Crippen molar-refractivity contribution in [2.75, 3.05) is 18.4 Å². The molecule has 0 saturated carbocycles. The number of halogens is 5. The van der Waals surface area contributed by atoms with E-state index in [9.17, 15) is 26.4 Å². The fourth-order valence-corrected chi connectivity index (χ4v) is 6.01. The summed E-state index contributed by atoms with van der Waals surface area (Å²) in [5.41, 5.74) is -3.11. The van der Waals surface area contributed by atoms with Crippen molar-refractivity contribution >= 4 is 49.8 Å². The van der Waals surface area contributed by atoms with E-state index in [0.29, 0.717) is 36.7 Å². The molecule has 0 radical (unpaired) electrons. The average molecular weight is 626 g/mol. The number of hydrogen-bond donors (Lipinski definition) is 2. The number of hydrogen-bond acceptors (Lipinski definition) is 5. The van der Waals surface area contributed by atoms with Gasteiger partial charge in [0.25, 0.3) is 0 Å². The summed E-state index contributed by atoms with van der Waals surface area (Å²) in [5.74, 6) is 0.579. The van der Waals surface area contributed by atoms with Gasteiger partial charge in [0.05, 0.1) is 5.52 Å². The predicted molar refractivity (Wildman–Crippen MR) is 153 cm³/mol. The third-order valence-corrected chi connectivity index (χ3v) is 8.99. The van der Waals surface area contributed by atoms with Crippen molar-refractivity contribution in [2.24, 2.45) is 0 Å². The van der Waals surface area contributed by atoms with Gasteiger partial charge in [0.2, 0.25) is 5.56 Å². The zero-order valence-corrected chi connectivity index (χ0v) is 23.6. The number of ether oxygens (including phenoxy) is 1. The third kappa shape index (κ3) is 6.48. The highest BCUT2D eigenvalue weighted by Gasteiger charge is 2.50. The SMILES string of the molecule is O=c1cc(NC2CCN(S(=O)(=O)C(F)(F)F)CC2)c2cc(C(Oc3ccc(Cl)cc3)c3ccc(Cl)cc3)ccc2[nH]1. The Morgan fingerprint density at radius 1 is 0.902 bits per heavy atom. The molecule has 2 N–H and O–H groups in total. The molecule has 4 aromatic rings. The Morgan fingerprint density at radius 2 is 1.49 bits per heavy atom.